The van der Waals surface area contributed by atoms with Crippen molar-refractivity contribution >= 4 is 39.8 Å². The lowest BCUT2D eigenvalue weighted by atomic mass is 10.2. The molecule has 1 atom stereocenters. The molecular weight excluding hydrogens is 389 g/mol. The summed E-state index contributed by atoms with van der Waals surface area (Å²) in [6, 6.07) is 6.72. The molecule has 2 amide bonds. The molecule has 1 aliphatic heterocycles. The normalized spacial score (nSPS) is 17.7. The number of nitrogens with zero attached hydrogens (tertiary/aromatic N) is 4. The first-order valence-electron chi connectivity index (χ1n) is 7.39. The van der Waals surface area contributed by atoms with Gasteiger partial charge < -0.3 is 9.64 Å². The van der Waals surface area contributed by atoms with Crippen molar-refractivity contribution in [1.82, 2.24) is 15.1 Å². The number of carbonyl (C=O) groups excluding carboxylic acids is 1. The molecule has 0 aliphatic carbocycles. The van der Waals surface area contributed by atoms with E-state index in [9.17, 15) is 18.0 Å². The number of alkyl halides is 3. The van der Waals surface area contributed by atoms with Crippen molar-refractivity contribution in [3.63, 3.8) is 0 Å². The van der Waals surface area contributed by atoms with E-state index in [0.29, 0.717) is 5.56 Å². The monoisotopic (exact) mass is 402 g/mol. The highest BCUT2D eigenvalue weighted by Crippen LogP contribution is 2.36. The van der Waals surface area contributed by atoms with Gasteiger partial charge in [0.15, 0.2) is 5.05 Å². The Morgan fingerprint density at radius 2 is 1.96 bits per heavy atom. The lowest BCUT2D eigenvalue weighted by Gasteiger charge is -2.21. The zero-order chi connectivity index (χ0) is 19.1. The molecule has 3 rings (SSSR count). The van der Waals surface area contributed by atoms with E-state index in [1.165, 1.54) is 11.9 Å². The molecule has 138 valence electrons. The lowest BCUT2D eigenvalue weighted by Crippen LogP contribution is -2.37. The third-order valence-electron chi connectivity index (χ3n) is 3.64. The number of amides is 2. The second-order valence-corrected chi connectivity index (χ2v) is 6.97. The molecule has 0 N–H and O–H groups in total. The maximum atomic E-state index is 12.8. The zero-order valence-electron chi connectivity index (χ0n) is 13.6. The quantitative estimate of drug-likeness (QED) is 0.736. The number of anilines is 1. The van der Waals surface area contributed by atoms with Crippen LogP contribution in [0.2, 0.25) is 0 Å². The van der Waals surface area contributed by atoms with Gasteiger partial charge in [0.25, 0.3) is 0 Å². The fourth-order valence-corrected chi connectivity index (χ4v) is 3.30. The molecule has 0 saturated carbocycles. The van der Waals surface area contributed by atoms with E-state index in [1.54, 1.807) is 12.1 Å². The number of rotatable bonds is 3. The van der Waals surface area contributed by atoms with Crippen LogP contribution < -0.4 is 4.90 Å². The van der Waals surface area contributed by atoms with Crippen molar-refractivity contribution in [2.24, 2.45) is 0 Å². The number of halogens is 3. The first-order valence-corrected chi connectivity index (χ1v) is 8.62. The minimum absolute atomic E-state index is 0.131. The van der Waals surface area contributed by atoms with Gasteiger partial charge in [-0.25, -0.2) is 9.69 Å². The summed E-state index contributed by atoms with van der Waals surface area (Å²) in [6.45, 7) is 2.06. The van der Waals surface area contributed by atoms with Crippen LogP contribution >= 0.6 is 23.6 Å². The largest absolute Gasteiger partial charge is 0.457 e. The van der Waals surface area contributed by atoms with Crippen LogP contribution in [0.5, 0.6) is 0 Å². The summed E-state index contributed by atoms with van der Waals surface area (Å²) in [5.41, 5.74) is 1.68. The molecule has 1 aliphatic rings. The second kappa shape index (κ2) is 6.80. The van der Waals surface area contributed by atoms with Gasteiger partial charge in [-0.05, 0) is 19.1 Å². The Kier molecular flexibility index (Phi) is 4.84. The Morgan fingerprint density at radius 1 is 1.31 bits per heavy atom. The Balaban J connectivity index is 1.83. The fourth-order valence-electron chi connectivity index (χ4n) is 2.30. The van der Waals surface area contributed by atoms with Gasteiger partial charge >= 0.3 is 12.2 Å². The van der Waals surface area contributed by atoms with E-state index in [1.807, 2.05) is 19.1 Å². The molecule has 11 heteroatoms. The van der Waals surface area contributed by atoms with Crippen LogP contribution in [0.15, 0.2) is 24.3 Å². The number of thiocarbonyl (C=S) groups is 1. The average Bonchev–Trinajstić information content (AvgIpc) is 3.14. The SMILES string of the molecule is Cc1ccc(C(=S)OC2CN(C)C(=O)N2c2nnc(C(F)(F)F)s2)cc1. The molecule has 1 aromatic heterocycles. The number of urea groups is 1. The number of benzene rings is 1. The van der Waals surface area contributed by atoms with Gasteiger partial charge in [-0.2, -0.15) is 13.2 Å². The number of hydrogen-bond acceptors (Lipinski definition) is 6. The van der Waals surface area contributed by atoms with E-state index in [4.69, 9.17) is 17.0 Å². The highest BCUT2D eigenvalue weighted by molar-refractivity contribution is 7.80. The van der Waals surface area contributed by atoms with Gasteiger partial charge in [0.1, 0.15) is 0 Å². The van der Waals surface area contributed by atoms with Gasteiger partial charge in [-0.1, -0.05) is 41.2 Å². The fraction of sp³-hybridized carbons (Fsp3) is 0.333. The summed E-state index contributed by atoms with van der Waals surface area (Å²) >= 11 is 5.53. The number of ether oxygens (including phenoxy) is 1. The third-order valence-corrected chi connectivity index (χ3v) is 4.94. The van der Waals surface area contributed by atoms with E-state index < -0.39 is 23.4 Å². The van der Waals surface area contributed by atoms with Gasteiger partial charge in [0.2, 0.25) is 16.4 Å². The summed E-state index contributed by atoms with van der Waals surface area (Å²) in [7, 11) is 1.51. The van der Waals surface area contributed by atoms with Crippen molar-refractivity contribution < 1.29 is 22.7 Å². The summed E-state index contributed by atoms with van der Waals surface area (Å²) in [5, 5.41) is 5.43. The molecule has 0 spiro atoms. The Labute approximate surface area is 156 Å². The first kappa shape index (κ1) is 18.5. The van der Waals surface area contributed by atoms with Crippen molar-refractivity contribution in [3.8, 4) is 0 Å². The van der Waals surface area contributed by atoms with E-state index in [-0.39, 0.29) is 28.1 Å². The van der Waals surface area contributed by atoms with Crippen molar-refractivity contribution in [2.75, 3.05) is 18.5 Å². The summed E-state index contributed by atoms with van der Waals surface area (Å²) in [5.74, 6) is 0. The van der Waals surface area contributed by atoms with Crippen LogP contribution in [-0.2, 0) is 10.9 Å². The molecule has 0 bridgehead atoms. The van der Waals surface area contributed by atoms with E-state index in [2.05, 4.69) is 10.2 Å². The molecule has 6 nitrogen and oxygen atoms in total. The molecule has 2 heterocycles. The Hall–Kier alpha value is -2.27. The minimum atomic E-state index is -4.63. The number of aromatic nitrogens is 2. The minimum Gasteiger partial charge on any atom is -0.457 e. The van der Waals surface area contributed by atoms with E-state index >= 15 is 0 Å². The lowest BCUT2D eigenvalue weighted by molar-refractivity contribution is -0.138. The van der Waals surface area contributed by atoms with Crippen LogP contribution in [0.4, 0.5) is 23.1 Å². The maximum absolute atomic E-state index is 12.8. The zero-order valence-corrected chi connectivity index (χ0v) is 15.3. The molecule has 1 saturated heterocycles. The molecule has 1 fully saturated rings. The van der Waals surface area contributed by atoms with Gasteiger partial charge in [0, 0.05) is 12.6 Å². The summed E-state index contributed by atoms with van der Waals surface area (Å²) in [6.07, 6.45) is -5.52. The Morgan fingerprint density at radius 3 is 2.54 bits per heavy atom. The molecule has 26 heavy (non-hydrogen) atoms. The number of likely N-dealkylation sites (N-methyl/N-ethyl adjacent to an activating group) is 1. The summed E-state index contributed by atoms with van der Waals surface area (Å²) < 4.78 is 44.0. The van der Waals surface area contributed by atoms with Gasteiger partial charge in [0.05, 0.1) is 6.54 Å². The molecular formula is C15H13F3N4O2S2. The predicted octanol–water partition coefficient (Wildman–Crippen LogP) is 3.46. The van der Waals surface area contributed by atoms with Crippen LogP contribution in [0.25, 0.3) is 0 Å². The van der Waals surface area contributed by atoms with Gasteiger partial charge in [-0.3, -0.25) is 0 Å². The highest BCUT2D eigenvalue weighted by Gasteiger charge is 2.43. The maximum Gasteiger partial charge on any atom is 0.445 e. The topological polar surface area (TPSA) is 58.6 Å². The van der Waals surface area contributed by atoms with Crippen LogP contribution in [0, 0.1) is 6.92 Å². The average molecular weight is 402 g/mol. The van der Waals surface area contributed by atoms with E-state index in [0.717, 1.165) is 10.5 Å². The second-order valence-electron chi connectivity index (χ2n) is 5.65. The molecule has 1 unspecified atom stereocenters. The smallest absolute Gasteiger partial charge is 0.445 e. The van der Waals surface area contributed by atoms with Crippen molar-refractivity contribution in [2.45, 2.75) is 19.3 Å². The third kappa shape index (κ3) is 3.63. The van der Waals surface area contributed by atoms with Crippen LogP contribution in [0.1, 0.15) is 16.1 Å². The standard InChI is InChI=1S/C15H13F3N4O2S2/c1-8-3-5-9(6-4-8)11(25)24-10-7-21(2)14(23)22(10)13-20-19-12(26-13)15(16,17)18/h3-6,10H,7H2,1-2H3. The number of carbonyl (C=O) groups is 1. The van der Waals surface area contributed by atoms with Crippen LogP contribution in [0.3, 0.4) is 0 Å². The number of aryl methyl sites for hydroxylation is 1. The summed E-state index contributed by atoms with van der Waals surface area (Å²) in [4.78, 5) is 14.7. The predicted molar refractivity (Wildman–Crippen MR) is 93.2 cm³/mol. The highest BCUT2D eigenvalue weighted by atomic mass is 32.1. The van der Waals surface area contributed by atoms with Crippen LogP contribution in [-0.4, -0.2) is 46.0 Å². The van der Waals surface area contributed by atoms with Gasteiger partial charge in [-0.15, -0.1) is 10.2 Å². The molecule has 2 aromatic rings. The Bertz CT molecular complexity index is 838. The molecule has 1 aromatic carbocycles. The molecule has 0 radical (unpaired) electrons. The van der Waals surface area contributed by atoms with Crippen molar-refractivity contribution in [1.29, 1.82) is 0 Å². The number of hydrogen-bond donors (Lipinski definition) is 0. The first-order chi connectivity index (χ1) is 12.2. The van der Waals surface area contributed by atoms with Crippen molar-refractivity contribution in [3.05, 3.63) is 40.4 Å².